The van der Waals surface area contributed by atoms with Crippen molar-refractivity contribution >= 4 is 17.7 Å². The summed E-state index contributed by atoms with van der Waals surface area (Å²) in [5, 5.41) is 0. The van der Waals surface area contributed by atoms with Crippen LogP contribution >= 0.6 is 0 Å². The highest BCUT2D eigenvalue weighted by molar-refractivity contribution is 5.94. The molecular weight excluding hydrogens is 356 g/mol. The van der Waals surface area contributed by atoms with Gasteiger partial charge in [-0.15, -0.1) is 0 Å². The van der Waals surface area contributed by atoms with E-state index in [1.54, 1.807) is 12.2 Å². The number of unbranched alkanes of at least 4 members (excludes halogenated alkanes) is 3. The van der Waals surface area contributed by atoms with Crippen LogP contribution in [0.4, 0.5) is 0 Å². The highest BCUT2D eigenvalue weighted by atomic mass is 16.5. The Hall–Kier alpha value is -2.17. The van der Waals surface area contributed by atoms with Crippen LogP contribution in [0.2, 0.25) is 0 Å². The molecule has 0 aromatic heterocycles. The van der Waals surface area contributed by atoms with Crippen LogP contribution in [0, 0.1) is 11.8 Å². The van der Waals surface area contributed by atoms with Gasteiger partial charge in [-0.3, -0.25) is 14.4 Å². The van der Waals surface area contributed by atoms with E-state index in [1.807, 2.05) is 12.2 Å². The van der Waals surface area contributed by atoms with Gasteiger partial charge in [0.05, 0.1) is 7.11 Å². The molecule has 0 aromatic rings. The molecule has 0 saturated carbocycles. The number of ether oxygens (including phenoxy) is 2. The van der Waals surface area contributed by atoms with Crippen LogP contribution < -0.4 is 0 Å². The lowest BCUT2D eigenvalue weighted by molar-refractivity contribution is -0.147. The molecule has 0 fully saturated rings. The second-order valence-corrected chi connectivity index (χ2v) is 7.16. The van der Waals surface area contributed by atoms with E-state index in [2.05, 4.69) is 23.8 Å². The zero-order valence-electron chi connectivity index (χ0n) is 17.4. The predicted octanol–water partition coefficient (Wildman–Crippen LogP) is 4.72. The van der Waals surface area contributed by atoms with Crippen molar-refractivity contribution in [2.24, 2.45) is 11.8 Å². The Kier molecular flexibility index (Phi) is 11.9. The molecule has 1 aliphatic rings. The predicted molar refractivity (Wildman–Crippen MR) is 110 cm³/mol. The fourth-order valence-corrected chi connectivity index (χ4v) is 3.25. The molecule has 0 radical (unpaired) electrons. The molecular formula is C23H34O5. The SMILES string of the molecule is CCCCC/C=C\C[C@@H]1C=CC(=O)[C@H]1C/C=C\[C@@H](CCC(=O)OC)OC(C)=O. The van der Waals surface area contributed by atoms with E-state index in [0.717, 1.165) is 12.8 Å². The first-order chi connectivity index (χ1) is 13.5. The average molecular weight is 391 g/mol. The van der Waals surface area contributed by atoms with Crippen LogP contribution in [0.3, 0.4) is 0 Å². The minimum Gasteiger partial charge on any atom is -0.469 e. The van der Waals surface area contributed by atoms with Gasteiger partial charge >= 0.3 is 11.9 Å². The molecule has 1 rings (SSSR count). The maximum atomic E-state index is 12.2. The van der Waals surface area contributed by atoms with Crippen LogP contribution in [-0.4, -0.2) is 30.9 Å². The lowest BCUT2D eigenvalue weighted by Gasteiger charge is -2.16. The van der Waals surface area contributed by atoms with Crippen LogP contribution in [0.15, 0.2) is 36.5 Å². The number of esters is 2. The van der Waals surface area contributed by atoms with Gasteiger partial charge in [0, 0.05) is 19.3 Å². The van der Waals surface area contributed by atoms with E-state index >= 15 is 0 Å². The summed E-state index contributed by atoms with van der Waals surface area (Å²) in [6, 6.07) is 0. The number of carbonyl (C=O) groups excluding carboxylic acids is 3. The molecule has 0 amide bonds. The highest BCUT2D eigenvalue weighted by Gasteiger charge is 2.28. The Bertz CT molecular complexity index is 588. The summed E-state index contributed by atoms with van der Waals surface area (Å²) < 4.78 is 9.85. The molecule has 5 heteroatoms. The maximum Gasteiger partial charge on any atom is 0.305 e. The summed E-state index contributed by atoms with van der Waals surface area (Å²) in [7, 11) is 1.33. The van der Waals surface area contributed by atoms with E-state index in [-0.39, 0.29) is 30.0 Å². The van der Waals surface area contributed by atoms with Crippen LogP contribution in [-0.2, 0) is 23.9 Å². The van der Waals surface area contributed by atoms with E-state index in [4.69, 9.17) is 4.74 Å². The van der Waals surface area contributed by atoms with Crippen LogP contribution in [0.1, 0.15) is 65.2 Å². The first kappa shape index (κ1) is 23.9. The van der Waals surface area contributed by atoms with Crippen molar-refractivity contribution in [2.75, 3.05) is 7.11 Å². The molecule has 28 heavy (non-hydrogen) atoms. The summed E-state index contributed by atoms with van der Waals surface area (Å²) in [4.78, 5) is 34.7. The molecule has 0 spiro atoms. The van der Waals surface area contributed by atoms with Gasteiger partial charge in [0.1, 0.15) is 6.10 Å². The third-order valence-corrected chi connectivity index (χ3v) is 4.86. The highest BCUT2D eigenvalue weighted by Crippen LogP contribution is 2.29. The van der Waals surface area contributed by atoms with E-state index in [9.17, 15) is 14.4 Å². The smallest absolute Gasteiger partial charge is 0.305 e. The standard InChI is InChI=1S/C23H34O5/c1-4-5-6-7-8-9-11-19-14-16-22(25)21(19)13-10-12-20(28-18(2)24)15-17-23(26)27-3/h8-10,12,14,16,19-21H,4-7,11,13,15,17H2,1-3H3/b9-8-,12-10-/t19-,20+,21+/m1/s1. The van der Waals surface area contributed by atoms with Crippen molar-refractivity contribution in [1.29, 1.82) is 0 Å². The van der Waals surface area contributed by atoms with Crippen molar-refractivity contribution in [1.82, 2.24) is 0 Å². The van der Waals surface area contributed by atoms with E-state index in [0.29, 0.717) is 12.8 Å². The van der Waals surface area contributed by atoms with E-state index < -0.39 is 12.1 Å². The van der Waals surface area contributed by atoms with Crippen molar-refractivity contribution < 1.29 is 23.9 Å². The maximum absolute atomic E-state index is 12.2. The van der Waals surface area contributed by atoms with Crippen molar-refractivity contribution in [3.63, 3.8) is 0 Å². The second kappa shape index (κ2) is 13.9. The molecule has 1 aliphatic carbocycles. The van der Waals surface area contributed by atoms with Gasteiger partial charge in [-0.25, -0.2) is 0 Å². The molecule has 3 atom stereocenters. The fourth-order valence-electron chi connectivity index (χ4n) is 3.25. The Morgan fingerprint density at radius 2 is 1.96 bits per heavy atom. The second-order valence-electron chi connectivity index (χ2n) is 7.16. The Balaban J connectivity index is 2.53. The monoisotopic (exact) mass is 390 g/mol. The Morgan fingerprint density at radius 1 is 1.18 bits per heavy atom. The number of carbonyl (C=O) groups is 3. The number of hydrogen-bond acceptors (Lipinski definition) is 5. The number of hydrogen-bond donors (Lipinski definition) is 0. The zero-order chi connectivity index (χ0) is 20.8. The number of ketones is 1. The number of allylic oxidation sites excluding steroid dienone is 5. The summed E-state index contributed by atoms with van der Waals surface area (Å²) in [6.45, 7) is 3.53. The third-order valence-electron chi connectivity index (χ3n) is 4.86. The lowest BCUT2D eigenvalue weighted by Crippen LogP contribution is -2.17. The normalized spacial score (nSPS) is 20.2. The van der Waals surface area contributed by atoms with Crippen molar-refractivity contribution in [3.8, 4) is 0 Å². The molecule has 0 saturated heterocycles. The molecule has 156 valence electrons. The molecule has 0 heterocycles. The van der Waals surface area contributed by atoms with Gasteiger partial charge in [0.25, 0.3) is 0 Å². The molecule has 5 nitrogen and oxygen atoms in total. The topological polar surface area (TPSA) is 69.7 Å². The average Bonchev–Trinajstić information content (AvgIpc) is 3.01. The molecule has 0 N–H and O–H groups in total. The minimum atomic E-state index is -0.488. The minimum absolute atomic E-state index is 0.0740. The van der Waals surface area contributed by atoms with Gasteiger partial charge in [0.2, 0.25) is 0 Å². The molecule has 0 unspecified atom stereocenters. The van der Waals surface area contributed by atoms with E-state index in [1.165, 1.54) is 33.3 Å². The zero-order valence-corrected chi connectivity index (χ0v) is 17.4. The number of methoxy groups -OCH3 is 1. The Labute approximate surface area is 168 Å². The first-order valence-electron chi connectivity index (χ1n) is 10.3. The van der Waals surface area contributed by atoms with Gasteiger partial charge in [-0.05, 0) is 50.2 Å². The summed E-state index contributed by atoms with van der Waals surface area (Å²) in [5.74, 6) is -0.458. The van der Waals surface area contributed by atoms with Crippen molar-refractivity contribution in [2.45, 2.75) is 71.3 Å². The third kappa shape index (κ3) is 9.67. The Morgan fingerprint density at radius 3 is 2.64 bits per heavy atom. The summed E-state index contributed by atoms with van der Waals surface area (Å²) >= 11 is 0. The molecule has 0 aromatic carbocycles. The first-order valence-corrected chi connectivity index (χ1v) is 10.3. The van der Waals surface area contributed by atoms with Gasteiger partial charge in [-0.1, -0.05) is 44.1 Å². The van der Waals surface area contributed by atoms with Gasteiger partial charge in [0.15, 0.2) is 5.78 Å². The lowest BCUT2D eigenvalue weighted by atomic mass is 9.88. The van der Waals surface area contributed by atoms with Gasteiger partial charge < -0.3 is 9.47 Å². The number of rotatable bonds is 13. The largest absolute Gasteiger partial charge is 0.469 e. The summed E-state index contributed by atoms with van der Waals surface area (Å²) in [5.41, 5.74) is 0. The fraction of sp³-hybridized carbons (Fsp3) is 0.609. The van der Waals surface area contributed by atoms with Gasteiger partial charge in [-0.2, -0.15) is 0 Å². The van der Waals surface area contributed by atoms with Crippen LogP contribution in [0.25, 0.3) is 0 Å². The molecule has 0 bridgehead atoms. The summed E-state index contributed by atoms with van der Waals surface area (Å²) in [6.07, 6.45) is 18.0. The molecule has 0 aliphatic heterocycles. The van der Waals surface area contributed by atoms with Crippen LogP contribution in [0.5, 0.6) is 0 Å². The van der Waals surface area contributed by atoms with Crippen molar-refractivity contribution in [3.05, 3.63) is 36.5 Å². The quantitative estimate of drug-likeness (QED) is 0.259.